The predicted octanol–water partition coefficient (Wildman–Crippen LogP) is 3.22. The first-order chi connectivity index (χ1) is 10.7. The first kappa shape index (κ1) is 16.0. The van der Waals surface area contributed by atoms with Crippen LogP contribution in [0.1, 0.15) is 17.5 Å². The summed E-state index contributed by atoms with van der Waals surface area (Å²) in [7, 11) is 0. The average molecular weight is 314 g/mol. The third-order valence-corrected chi connectivity index (χ3v) is 3.46. The van der Waals surface area contributed by atoms with Crippen molar-refractivity contribution in [1.29, 1.82) is 5.26 Å². The van der Waals surface area contributed by atoms with E-state index in [4.69, 9.17) is 16.9 Å². The quantitative estimate of drug-likeness (QED) is 0.822. The minimum Gasteiger partial charge on any atom is -0.337 e. The van der Waals surface area contributed by atoms with Gasteiger partial charge in [-0.25, -0.2) is 0 Å². The van der Waals surface area contributed by atoms with E-state index in [0.29, 0.717) is 31.0 Å². The zero-order chi connectivity index (χ0) is 15.8. The predicted molar refractivity (Wildman–Crippen MR) is 85.0 cm³/mol. The lowest BCUT2D eigenvalue weighted by molar-refractivity contribution is -0.131. The van der Waals surface area contributed by atoms with Crippen LogP contribution in [0, 0.1) is 11.3 Å². The highest BCUT2D eigenvalue weighted by molar-refractivity contribution is 6.30. The van der Waals surface area contributed by atoms with Gasteiger partial charge in [0.05, 0.1) is 18.9 Å². The van der Waals surface area contributed by atoms with Crippen molar-refractivity contribution in [3.8, 4) is 6.07 Å². The van der Waals surface area contributed by atoms with E-state index in [0.717, 1.165) is 11.1 Å². The number of benzene rings is 1. The topological polar surface area (TPSA) is 57.0 Å². The van der Waals surface area contributed by atoms with Gasteiger partial charge >= 0.3 is 0 Å². The van der Waals surface area contributed by atoms with Crippen molar-refractivity contribution in [2.75, 3.05) is 6.54 Å². The molecule has 1 amide bonds. The molecule has 0 saturated carbocycles. The summed E-state index contributed by atoms with van der Waals surface area (Å²) in [4.78, 5) is 18.2. The fourth-order valence-corrected chi connectivity index (χ4v) is 2.20. The lowest BCUT2D eigenvalue weighted by Gasteiger charge is -2.21. The van der Waals surface area contributed by atoms with Crippen molar-refractivity contribution in [3.05, 3.63) is 64.9 Å². The molecule has 0 aliphatic heterocycles. The molecule has 0 fully saturated rings. The molecule has 0 aliphatic carbocycles. The van der Waals surface area contributed by atoms with E-state index in [1.54, 1.807) is 29.4 Å². The van der Waals surface area contributed by atoms with Crippen LogP contribution in [0.25, 0.3) is 0 Å². The molecule has 1 heterocycles. The summed E-state index contributed by atoms with van der Waals surface area (Å²) in [6.45, 7) is 0.875. The van der Waals surface area contributed by atoms with Gasteiger partial charge in [-0.15, -0.1) is 0 Å². The van der Waals surface area contributed by atoms with Crippen molar-refractivity contribution in [2.24, 2.45) is 0 Å². The Morgan fingerprint density at radius 1 is 1.23 bits per heavy atom. The molecule has 22 heavy (non-hydrogen) atoms. The summed E-state index contributed by atoms with van der Waals surface area (Å²) in [6.07, 6.45) is 4.03. The van der Waals surface area contributed by atoms with Crippen LogP contribution in [0.4, 0.5) is 0 Å². The van der Waals surface area contributed by atoms with Crippen molar-refractivity contribution in [2.45, 2.75) is 19.4 Å². The van der Waals surface area contributed by atoms with Crippen LogP contribution < -0.4 is 0 Å². The molecule has 0 aliphatic rings. The second kappa shape index (κ2) is 8.16. The molecule has 0 saturated heterocycles. The van der Waals surface area contributed by atoms with Crippen molar-refractivity contribution in [3.63, 3.8) is 0 Å². The number of nitrogens with zero attached hydrogens (tertiary/aromatic N) is 3. The fourth-order valence-electron chi connectivity index (χ4n) is 2.08. The van der Waals surface area contributed by atoms with Crippen LogP contribution in [-0.4, -0.2) is 22.3 Å². The lowest BCUT2D eigenvalue weighted by Crippen LogP contribution is -2.32. The van der Waals surface area contributed by atoms with Gasteiger partial charge in [0.1, 0.15) is 0 Å². The molecular formula is C17H16ClN3O. The standard InChI is InChI=1S/C17H16ClN3O/c18-16-6-4-14(5-7-16)11-17(22)21(10-2-8-19)13-15-3-1-9-20-12-15/h1,3-7,9,12H,2,10-11,13H2. The SMILES string of the molecule is N#CCCN(Cc1cccnc1)C(=O)Cc1ccc(Cl)cc1. The molecular weight excluding hydrogens is 298 g/mol. The number of amides is 1. The minimum absolute atomic E-state index is 0.0126. The van der Waals surface area contributed by atoms with Crippen molar-refractivity contribution in [1.82, 2.24) is 9.88 Å². The van der Waals surface area contributed by atoms with Gasteiger partial charge in [-0.05, 0) is 29.3 Å². The van der Waals surface area contributed by atoms with Gasteiger partial charge in [-0.2, -0.15) is 5.26 Å². The maximum absolute atomic E-state index is 12.5. The third kappa shape index (κ3) is 4.87. The fraction of sp³-hybridized carbons (Fsp3) is 0.235. The molecule has 1 aromatic carbocycles. The molecule has 4 nitrogen and oxygen atoms in total. The zero-order valence-corrected chi connectivity index (χ0v) is 12.8. The first-order valence-corrected chi connectivity index (χ1v) is 7.35. The smallest absolute Gasteiger partial charge is 0.227 e. The highest BCUT2D eigenvalue weighted by atomic mass is 35.5. The zero-order valence-electron chi connectivity index (χ0n) is 12.1. The Kier molecular flexibility index (Phi) is 5.93. The Morgan fingerprint density at radius 3 is 2.64 bits per heavy atom. The van der Waals surface area contributed by atoms with Crippen LogP contribution in [-0.2, 0) is 17.8 Å². The van der Waals surface area contributed by atoms with Crippen LogP contribution in [0.15, 0.2) is 48.8 Å². The number of carbonyl (C=O) groups is 1. The monoisotopic (exact) mass is 313 g/mol. The van der Waals surface area contributed by atoms with E-state index < -0.39 is 0 Å². The number of halogens is 1. The van der Waals surface area contributed by atoms with Crippen molar-refractivity contribution >= 4 is 17.5 Å². The van der Waals surface area contributed by atoms with Gasteiger partial charge in [0.15, 0.2) is 0 Å². The Hall–Kier alpha value is -2.38. The number of hydrogen-bond donors (Lipinski definition) is 0. The number of hydrogen-bond acceptors (Lipinski definition) is 3. The maximum atomic E-state index is 12.5. The molecule has 1 aromatic heterocycles. The molecule has 0 atom stereocenters. The van der Waals surface area contributed by atoms with Crippen LogP contribution >= 0.6 is 11.6 Å². The molecule has 0 radical (unpaired) electrons. The van der Waals surface area contributed by atoms with Gasteiger partial charge < -0.3 is 4.90 Å². The van der Waals surface area contributed by atoms with Crippen LogP contribution in [0.2, 0.25) is 5.02 Å². The molecule has 2 rings (SSSR count). The summed E-state index contributed by atoms with van der Waals surface area (Å²) in [6, 6.07) is 13.1. The Balaban J connectivity index is 2.05. The largest absolute Gasteiger partial charge is 0.337 e. The lowest BCUT2D eigenvalue weighted by atomic mass is 10.1. The summed E-state index contributed by atoms with van der Waals surface area (Å²) in [5.41, 5.74) is 1.85. The average Bonchev–Trinajstić information content (AvgIpc) is 2.54. The van der Waals surface area contributed by atoms with Gasteiger partial charge in [0.25, 0.3) is 0 Å². The summed E-state index contributed by atoms with van der Waals surface area (Å²) < 4.78 is 0. The minimum atomic E-state index is -0.0126. The van der Waals surface area contributed by atoms with Gasteiger partial charge in [0.2, 0.25) is 5.91 Å². The van der Waals surface area contributed by atoms with Gasteiger partial charge in [0, 0.05) is 30.5 Å². The molecule has 112 valence electrons. The number of pyridine rings is 1. The summed E-state index contributed by atoms with van der Waals surface area (Å²) in [5.74, 6) is -0.0126. The Morgan fingerprint density at radius 2 is 2.00 bits per heavy atom. The number of carbonyl (C=O) groups excluding carboxylic acids is 1. The second-order valence-electron chi connectivity index (χ2n) is 4.89. The van der Waals surface area contributed by atoms with E-state index >= 15 is 0 Å². The van der Waals surface area contributed by atoms with E-state index in [1.165, 1.54) is 0 Å². The van der Waals surface area contributed by atoms with Gasteiger partial charge in [-0.3, -0.25) is 9.78 Å². The maximum Gasteiger partial charge on any atom is 0.227 e. The van der Waals surface area contributed by atoms with Gasteiger partial charge in [-0.1, -0.05) is 29.8 Å². The molecule has 5 heteroatoms. The van der Waals surface area contributed by atoms with E-state index in [9.17, 15) is 4.79 Å². The Labute approximate surface area is 135 Å². The number of aromatic nitrogens is 1. The molecule has 0 N–H and O–H groups in total. The van der Waals surface area contributed by atoms with Crippen LogP contribution in [0.3, 0.4) is 0 Å². The van der Waals surface area contributed by atoms with E-state index in [-0.39, 0.29) is 5.91 Å². The van der Waals surface area contributed by atoms with E-state index in [1.807, 2.05) is 24.3 Å². The molecule has 0 spiro atoms. The third-order valence-electron chi connectivity index (χ3n) is 3.21. The summed E-state index contributed by atoms with van der Waals surface area (Å²) in [5, 5.41) is 9.41. The second-order valence-corrected chi connectivity index (χ2v) is 5.32. The Bertz CT molecular complexity index is 650. The number of rotatable bonds is 6. The molecule has 0 unspecified atom stereocenters. The van der Waals surface area contributed by atoms with Crippen molar-refractivity contribution < 1.29 is 4.79 Å². The highest BCUT2D eigenvalue weighted by Crippen LogP contribution is 2.12. The highest BCUT2D eigenvalue weighted by Gasteiger charge is 2.14. The van der Waals surface area contributed by atoms with E-state index in [2.05, 4.69) is 11.1 Å². The molecule has 0 bridgehead atoms. The van der Waals surface area contributed by atoms with Crippen LogP contribution in [0.5, 0.6) is 0 Å². The first-order valence-electron chi connectivity index (χ1n) is 6.97. The normalized spacial score (nSPS) is 10.0. The number of nitriles is 1. The summed E-state index contributed by atoms with van der Waals surface area (Å²) >= 11 is 5.85. The molecule has 2 aromatic rings.